The summed E-state index contributed by atoms with van der Waals surface area (Å²) < 4.78 is 0. The van der Waals surface area contributed by atoms with Crippen molar-refractivity contribution >= 4 is 28.8 Å². The Labute approximate surface area is 168 Å². The van der Waals surface area contributed by atoms with E-state index >= 15 is 0 Å². The lowest BCUT2D eigenvalue weighted by Crippen LogP contribution is -2.56. The van der Waals surface area contributed by atoms with Crippen LogP contribution in [0.3, 0.4) is 0 Å². The Bertz CT molecular complexity index is 1170. The summed E-state index contributed by atoms with van der Waals surface area (Å²) in [5, 5.41) is 10.2. The second-order valence-electron chi connectivity index (χ2n) is 7.13. The van der Waals surface area contributed by atoms with Gasteiger partial charge in [0.15, 0.2) is 0 Å². The Morgan fingerprint density at radius 3 is 2.59 bits per heavy atom. The van der Waals surface area contributed by atoms with Crippen LogP contribution in [0, 0.1) is 11.3 Å². The van der Waals surface area contributed by atoms with E-state index in [0.717, 1.165) is 16.5 Å². The van der Waals surface area contributed by atoms with Crippen molar-refractivity contribution in [3.8, 4) is 6.07 Å². The summed E-state index contributed by atoms with van der Waals surface area (Å²) in [5.41, 5.74) is 3.32. The van der Waals surface area contributed by atoms with Gasteiger partial charge >= 0.3 is 0 Å². The highest BCUT2D eigenvalue weighted by molar-refractivity contribution is 6.08. The number of carbonyl (C=O) groups is 2. The van der Waals surface area contributed by atoms with E-state index in [1.54, 1.807) is 38.5 Å². The van der Waals surface area contributed by atoms with Gasteiger partial charge in [-0.25, -0.2) is 0 Å². The largest absolute Gasteiger partial charge is 0.361 e. The number of likely N-dealkylation sites (N-methyl/N-ethyl adjacent to an activating group) is 2. The molecule has 1 atom stereocenters. The molecular weight excluding hydrogens is 364 g/mol. The fourth-order valence-electron chi connectivity index (χ4n) is 3.76. The van der Waals surface area contributed by atoms with Crippen molar-refractivity contribution < 1.29 is 9.59 Å². The van der Waals surface area contributed by atoms with Gasteiger partial charge in [-0.1, -0.05) is 36.4 Å². The molecule has 3 aromatic rings. The lowest BCUT2D eigenvalue weighted by molar-refractivity contribution is -0.148. The second kappa shape index (κ2) is 7.28. The summed E-state index contributed by atoms with van der Waals surface area (Å²) in [5.74, 6) is -0.362. The van der Waals surface area contributed by atoms with Crippen molar-refractivity contribution in [1.82, 2.24) is 14.8 Å². The van der Waals surface area contributed by atoms with E-state index in [2.05, 4.69) is 11.1 Å². The molecule has 0 radical (unpaired) electrons. The van der Waals surface area contributed by atoms with Gasteiger partial charge in [0.25, 0.3) is 5.91 Å². The molecule has 1 aliphatic rings. The quantitative estimate of drug-likeness (QED) is 0.705. The molecule has 0 spiro atoms. The molecule has 1 aliphatic heterocycles. The number of H-pyrrole nitrogens is 1. The predicted molar refractivity (Wildman–Crippen MR) is 110 cm³/mol. The van der Waals surface area contributed by atoms with Gasteiger partial charge in [-0.05, 0) is 23.8 Å². The van der Waals surface area contributed by atoms with Gasteiger partial charge in [-0.3, -0.25) is 9.59 Å². The van der Waals surface area contributed by atoms with Crippen LogP contribution in [0.5, 0.6) is 0 Å². The highest BCUT2D eigenvalue weighted by Gasteiger charge is 2.39. The summed E-state index contributed by atoms with van der Waals surface area (Å²) in [6, 6.07) is 16.7. The third-order valence-corrected chi connectivity index (χ3v) is 5.40. The minimum Gasteiger partial charge on any atom is -0.361 e. The number of nitriles is 1. The number of fused-ring (bicyclic) bond motifs is 1. The van der Waals surface area contributed by atoms with Crippen LogP contribution in [0.1, 0.15) is 16.7 Å². The molecule has 1 saturated heterocycles. The first kappa shape index (κ1) is 18.5. The maximum Gasteiger partial charge on any atom is 0.271 e. The molecule has 1 N–H and O–H groups in total. The van der Waals surface area contributed by atoms with E-state index in [-0.39, 0.29) is 17.5 Å². The number of hydrogen-bond donors (Lipinski definition) is 1. The molecule has 0 bridgehead atoms. The molecule has 29 heavy (non-hydrogen) atoms. The van der Waals surface area contributed by atoms with E-state index < -0.39 is 6.04 Å². The molecule has 144 valence electrons. The predicted octanol–water partition coefficient (Wildman–Crippen LogP) is 2.92. The number of nitrogens with one attached hydrogen (secondary N) is 1. The van der Waals surface area contributed by atoms with Gasteiger partial charge in [0.05, 0.1) is 11.6 Å². The maximum atomic E-state index is 13.1. The molecule has 4 rings (SSSR count). The van der Waals surface area contributed by atoms with Crippen molar-refractivity contribution in [2.24, 2.45) is 0 Å². The van der Waals surface area contributed by atoms with Crippen LogP contribution >= 0.6 is 0 Å². The lowest BCUT2D eigenvalue weighted by Gasteiger charge is -2.38. The van der Waals surface area contributed by atoms with E-state index in [9.17, 15) is 14.9 Å². The first-order chi connectivity index (χ1) is 14.0. The normalized spacial score (nSPS) is 18.5. The molecule has 2 amide bonds. The number of aromatic amines is 1. The van der Waals surface area contributed by atoms with Gasteiger partial charge < -0.3 is 14.8 Å². The number of aromatic nitrogens is 1. The van der Waals surface area contributed by atoms with E-state index in [1.165, 1.54) is 9.80 Å². The lowest BCUT2D eigenvalue weighted by atomic mass is 9.99. The highest BCUT2D eigenvalue weighted by atomic mass is 16.2. The number of rotatable bonds is 3. The molecule has 6 heteroatoms. The van der Waals surface area contributed by atoms with Gasteiger partial charge in [0.2, 0.25) is 5.91 Å². The Balaban J connectivity index is 1.71. The summed E-state index contributed by atoms with van der Waals surface area (Å²) in [6.45, 7) is 0. The number of nitrogens with zero attached hydrogens (tertiary/aromatic N) is 3. The third kappa shape index (κ3) is 3.17. The zero-order valence-corrected chi connectivity index (χ0v) is 16.2. The summed E-state index contributed by atoms with van der Waals surface area (Å²) in [7, 11) is 3.28. The molecule has 1 unspecified atom stereocenters. The summed E-state index contributed by atoms with van der Waals surface area (Å²) in [4.78, 5) is 32.2. The fourth-order valence-corrected chi connectivity index (χ4v) is 3.76. The Morgan fingerprint density at radius 1 is 1.10 bits per heavy atom. The van der Waals surface area contributed by atoms with Crippen LogP contribution in [-0.2, 0) is 16.0 Å². The second-order valence-corrected chi connectivity index (χ2v) is 7.13. The zero-order valence-electron chi connectivity index (χ0n) is 16.2. The molecular formula is C23H20N4O2. The van der Waals surface area contributed by atoms with Gasteiger partial charge in [0, 0.05) is 43.2 Å². The topological polar surface area (TPSA) is 80.2 Å². The average Bonchev–Trinajstić information content (AvgIpc) is 3.16. The maximum absolute atomic E-state index is 13.1. The molecule has 1 fully saturated rings. The average molecular weight is 384 g/mol. The molecule has 2 aromatic carbocycles. The number of amides is 2. The van der Waals surface area contributed by atoms with E-state index in [0.29, 0.717) is 17.5 Å². The molecule has 0 aliphatic carbocycles. The van der Waals surface area contributed by atoms with Crippen LogP contribution in [0.2, 0.25) is 0 Å². The van der Waals surface area contributed by atoms with Crippen LogP contribution in [0.25, 0.3) is 17.0 Å². The fraction of sp³-hybridized carbons (Fsp3) is 0.174. The van der Waals surface area contributed by atoms with Gasteiger partial charge in [0.1, 0.15) is 11.7 Å². The summed E-state index contributed by atoms with van der Waals surface area (Å²) in [6.07, 6.45) is 3.89. The smallest absolute Gasteiger partial charge is 0.271 e. The van der Waals surface area contributed by atoms with E-state index in [1.807, 2.05) is 36.4 Å². The van der Waals surface area contributed by atoms with Crippen molar-refractivity contribution in [3.05, 3.63) is 77.1 Å². The molecule has 2 heterocycles. The zero-order chi connectivity index (χ0) is 20.5. The number of carbonyl (C=O) groups excluding carboxylic acids is 2. The molecule has 1 aromatic heterocycles. The van der Waals surface area contributed by atoms with Crippen molar-refractivity contribution in [2.45, 2.75) is 12.5 Å². The van der Waals surface area contributed by atoms with Crippen molar-refractivity contribution in [3.63, 3.8) is 0 Å². The number of hydrogen-bond acceptors (Lipinski definition) is 3. The number of benzene rings is 2. The molecule has 6 nitrogen and oxygen atoms in total. The minimum atomic E-state index is -0.551. The van der Waals surface area contributed by atoms with Crippen molar-refractivity contribution in [2.75, 3.05) is 14.1 Å². The Morgan fingerprint density at radius 2 is 1.86 bits per heavy atom. The first-order valence-electron chi connectivity index (χ1n) is 9.32. The standard InChI is InChI=1S/C23H20N4O2/c1-26-19(11-15-7-4-3-5-8-15)22(28)27(2)20(23(26)29)12-17-14-25-18-10-6-9-16(13-24)21(17)18/h3-10,12,14,19,25H,11H2,1-2H3. The third-order valence-electron chi connectivity index (χ3n) is 5.40. The van der Waals surface area contributed by atoms with Crippen molar-refractivity contribution in [1.29, 1.82) is 5.26 Å². The number of piperazine rings is 1. The molecule has 0 saturated carbocycles. The highest BCUT2D eigenvalue weighted by Crippen LogP contribution is 2.28. The Kier molecular flexibility index (Phi) is 4.65. The van der Waals surface area contributed by atoms with Gasteiger partial charge in [-0.15, -0.1) is 0 Å². The van der Waals surface area contributed by atoms with Crippen LogP contribution in [0.4, 0.5) is 0 Å². The first-order valence-corrected chi connectivity index (χ1v) is 9.32. The summed E-state index contributed by atoms with van der Waals surface area (Å²) >= 11 is 0. The minimum absolute atomic E-state index is 0.137. The Hall–Kier alpha value is -3.85. The van der Waals surface area contributed by atoms with Crippen LogP contribution in [0.15, 0.2) is 60.4 Å². The van der Waals surface area contributed by atoms with Gasteiger partial charge in [-0.2, -0.15) is 5.26 Å². The van der Waals surface area contributed by atoms with Crippen LogP contribution < -0.4 is 0 Å². The van der Waals surface area contributed by atoms with E-state index in [4.69, 9.17) is 0 Å². The monoisotopic (exact) mass is 384 g/mol. The SMILES string of the molecule is CN1C(=O)C(Cc2ccccc2)N(C)C(=O)C1=Cc1c[nH]c2cccc(C#N)c12. The van der Waals surface area contributed by atoms with Crippen LogP contribution in [-0.4, -0.2) is 46.7 Å².